The van der Waals surface area contributed by atoms with Crippen LogP contribution in [0.15, 0.2) is 90.3 Å². The maximum absolute atomic E-state index is 13.4. The molecule has 0 spiro atoms. The molecule has 0 aliphatic rings. The molecule has 4 N–H and O–H groups in total. The molecule has 12 nitrogen and oxygen atoms in total. The number of hydrogen-bond acceptors (Lipinski definition) is 10. The van der Waals surface area contributed by atoms with Gasteiger partial charge in [-0.25, -0.2) is 28.4 Å². The summed E-state index contributed by atoms with van der Waals surface area (Å²) in [5, 5.41) is 15.7. The van der Waals surface area contributed by atoms with Crippen molar-refractivity contribution in [3.8, 4) is 11.5 Å². The van der Waals surface area contributed by atoms with Crippen LogP contribution in [0.1, 0.15) is 10.4 Å². The number of benzene rings is 3. The molecule has 0 radical (unpaired) electrons. The van der Waals surface area contributed by atoms with E-state index in [2.05, 4.69) is 35.3 Å². The average Bonchev–Trinajstić information content (AvgIpc) is 2.93. The Hall–Kier alpha value is -5.30. The van der Waals surface area contributed by atoms with Gasteiger partial charge in [0.25, 0.3) is 15.9 Å². The van der Waals surface area contributed by atoms with E-state index in [9.17, 15) is 18.3 Å². The second-order valence-electron chi connectivity index (χ2n) is 8.17. The van der Waals surface area contributed by atoms with E-state index in [0.29, 0.717) is 22.5 Å². The number of methoxy groups -OCH3 is 1. The van der Waals surface area contributed by atoms with E-state index in [-0.39, 0.29) is 33.5 Å². The van der Waals surface area contributed by atoms with Gasteiger partial charge in [-0.05, 0) is 30.3 Å². The molecule has 0 aliphatic carbocycles. The van der Waals surface area contributed by atoms with Crippen LogP contribution in [0.4, 0.5) is 23.0 Å². The molecule has 0 saturated carbocycles. The number of aromatic hydroxyl groups is 1. The van der Waals surface area contributed by atoms with Crippen LogP contribution in [0.3, 0.4) is 0 Å². The maximum Gasteiger partial charge on any atom is 0.263 e. The van der Waals surface area contributed by atoms with E-state index in [1.165, 1.54) is 56.2 Å². The summed E-state index contributed by atoms with van der Waals surface area (Å²) in [6, 6.07) is 17.2. The number of carbonyl (C=O) groups excluding carboxylic acids is 1. The highest BCUT2D eigenvalue weighted by atomic mass is 32.2. The lowest BCUT2D eigenvalue weighted by Crippen LogP contribution is -2.17. The van der Waals surface area contributed by atoms with Crippen molar-refractivity contribution < 1.29 is 23.1 Å². The third-order valence-electron chi connectivity index (χ3n) is 5.42. The number of rotatable bonds is 8. The van der Waals surface area contributed by atoms with E-state index in [0.717, 1.165) is 0 Å². The number of fused-ring (bicyclic) bond motifs is 1. The van der Waals surface area contributed by atoms with Gasteiger partial charge < -0.3 is 20.5 Å². The Labute approximate surface area is 222 Å². The summed E-state index contributed by atoms with van der Waals surface area (Å²) < 4.78 is 34.5. The summed E-state index contributed by atoms with van der Waals surface area (Å²) in [6.07, 6.45) is 3.99. The van der Waals surface area contributed by atoms with Crippen LogP contribution in [0.2, 0.25) is 0 Å². The minimum absolute atomic E-state index is 0.0614. The quantitative estimate of drug-likeness (QED) is 0.225. The number of anilines is 4. The molecular weight excluding hydrogens is 522 g/mol. The van der Waals surface area contributed by atoms with Crippen LogP contribution in [0, 0.1) is 0 Å². The van der Waals surface area contributed by atoms with E-state index < -0.39 is 15.9 Å². The molecule has 5 rings (SSSR count). The van der Waals surface area contributed by atoms with E-state index in [4.69, 9.17) is 4.74 Å². The lowest BCUT2D eigenvalue weighted by Gasteiger charge is -2.15. The standard InChI is InChI=1S/C26H21N7O5S/c1-38-20-10-18(9-19(34)12-20)29-24-25(32-23-8-3-2-7-22(23)31-24)33-39(36,37)21-6-4-5-17(11-21)30-26(35)16-13-27-15-28-14-16/h2-15,34H,1H3,(H,29,31)(H,30,35)(H,32,33). The molecule has 3 aromatic carbocycles. The molecule has 2 aromatic heterocycles. The maximum atomic E-state index is 13.4. The molecule has 0 aliphatic heterocycles. The third-order valence-corrected chi connectivity index (χ3v) is 6.75. The molecule has 0 fully saturated rings. The first kappa shape index (κ1) is 25.4. The summed E-state index contributed by atoms with van der Waals surface area (Å²) >= 11 is 0. The molecule has 2 heterocycles. The van der Waals surface area contributed by atoms with Crippen molar-refractivity contribution in [1.82, 2.24) is 19.9 Å². The number of nitrogens with one attached hydrogen (secondary N) is 3. The Morgan fingerprint density at radius 1 is 0.872 bits per heavy atom. The van der Waals surface area contributed by atoms with Crippen molar-refractivity contribution in [2.45, 2.75) is 4.90 Å². The van der Waals surface area contributed by atoms with Crippen LogP contribution >= 0.6 is 0 Å². The van der Waals surface area contributed by atoms with E-state index in [1.54, 1.807) is 36.4 Å². The van der Waals surface area contributed by atoms with Gasteiger partial charge in [0.1, 0.15) is 17.8 Å². The number of hydrogen-bond donors (Lipinski definition) is 4. The number of carbonyl (C=O) groups is 1. The first-order valence-electron chi connectivity index (χ1n) is 11.4. The van der Waals surface area contributed by atoms with Crippen molar-refractivity contribution in [1.29, 1.82) is 0 Å². The Balaban J connectivity index is 1.47. The fraction of sp³-hybridized carbons (Fsp3) is 0.0385. The third kappa shape index (κ3) is 5.83. The van der Waals surface area contributed by atoms with Gasteiger partial charge in [-0.3, -0.25) is 9.52 Å². The zero-order valence-corrected chi connectivity index (χ0v) is 21.2. The largest absolute Gasteiger partial charge is 0.508 e. The van der Waals surface area contributed by atoms with E-state index >= 15 is 0 Å². The van der Waals surface area contributed by atoms with Crippen molar-refractivity contribution in [2.75, 3.05) is 22.5 Å². The Morgan fingerprint density at radius 2 is 1.59 bits per heavy atom. The van der Waals surface area contributed by atoms with Crippen molar-refractivity contribution in [3.05, 3.63) is 91.0 Å². The highest BCUT2D eigenvalue weighted by Gasteiger charge is 2.20. The lowest BCUT2D eigenvalue weighted by molar-refractivity contribution is 0.102. The number of phenolic OH excluding ortho intramolecular Hbond substituents is 1. The topological polar surface area (TPSA) is 168 Å². The minimum Gasteiger partial charge on any atom is -0.508 e. The van der Waals surface area contributed by atoms with Crippen molar-refractivity contribution in [3.63, 3.8) is 0 Å². The second kappa shape index (κ2) is 10.6. The van der Waals surface area contributed by atoms with Crippen LogP contribution in [-0.4, -0.2) is 46.5 Å². The number of phenols is 1. The van der Waals surface area contributed by atoms with Gasteiger partial charge in [-0.15, -0.1) is 0 Å². The Kier molecular flexibility index (Phi) is 6.89. The predicted octanol–water partition coefficient (Wildman–Crippen LogP) is 3.93. The number of aromatic nitrogens is 4. The number of para-hydroxylation sites is 2. The zero-order chi connectivity index (χ0) is 27.4. The lowest BCUT2D eigenvalue weighted by atomic mass is 10.2. The van der Waals surface area contributed by atoms with Crippen molar-refractivity contribution >= 4 is 50.0 Å². The van der Waals surface area contributed by atoms with Gasteiger partial charge in [0.15, 0.2) is 11.6 Å². The summed E-state index contributed by atoms with van der Waals surface area (Å²) in [6.45, 7) is 0. The first-order chi connectivity index (χ1) is 18.8. The fourth-order valence-electron chi connectivity index (χ4n) is 3.62. The fourth-order valence-corrected chi connectivity index (χ4v) is 4.67. The molecular formula is C26H21N7O5S. The second-order valence-corrected chi connectivity index (χ2v) is 9.85. The zero-order valence-electron chi connectivity index (χ0n) is 20.4. The molecule has 13 heteroatoms. The number of nitrogens with zero attached hydrogens (tertiary/aromatic N) is 4. The molecule has 0 bridgehead atoms. The van der Waals surface area contributed by atoms with Gasteiger partial charge in [0.05, 0.1) is 28.6 Å². The highest BCUT2D eigenvalue weighted by molar-refractivity contribution is 7.92. The van der Waals surface area contributed by atoms with Gasteiger partial charge in [-0.2, -0.15) is 0 Å². The molecule has 0 unspecified atom stereocenters. The monoisotopic (exact) mass is 543 g/mol. The van der Waals surface area contributed by atoms with E-state index in [1.807, 2.05) is 0 Å². The van der Waals surface area contributed by atoms with Gasteiger partial charge in [0, 0.05) is 42.0 Å². The SMILES string of the molecule is COc1cc(O)cc(Nc2nc3ccccc3nc2NS(=O)(=O)c2cccc(NC(=O)c3cncnc3)c2)c1. The highest BCUT2D eigenvalue weighted by Crippen LogP contribution is 2.31. The first-order valence-corrected chi connectivity index (χ1v) is 12.9. The number of amides is 1. The predicted molar refractivity (Wildman–Crippen MR) is 145 cm³/mol. The van der Waals surface area contributed by atoms with Gasteiger partial charge >= 0.3 is 0 Å². The smallest absolute Gasteiger partial charge is 0.263 e. The van der Waals surface area contributed by atoms with Crippen LogP contribution < -0.4 is 20.1 Å². The van der Waals surface area contributed by atoms with Crippen LogP contribution in [0.5, 0.6) is 11.5 Å². The molecule has 0 atom stereocenters. The molecule has 1 amide bonds. The summed E-state index contributed by atoms with van der Waals surface area (Å²) in [4.78, 5) is 29.0. The molecule has 0 saturated heterocycles. The Bertz CT molecular complexity index is 1780. The molecule has 39 heavy (non-hydrogen) atoms. The summed E-state index contributed by atoms with van der Waals surface area (Å²) in [7, 11) is -2.73. The van der Waals surface area contributed by atoms with Crippen LogP contribution in [-0.2, 0) is 10.0 Å². The Morgan fingerprint density at radius 3 is 2.31 bits per heavy atom. The normalized spacial score (nSPS) is 11.1. The number of ether oxygens (including phenoxy) is 1. The van der Waals surface area contributed by atoms with Crippen LogP contribution in [0.25, 0.3) is 11.0 Å². The summed E-state index contributed by atoms with van der Waals surface area (Å²) in [5.41, 5.74) is 1.84. The number of sulfonamides is 1. The minimum atomic E-state index is -4.18. The average molecular weight is 544 g/mol. The molecule has 196 valence electrons. The van der Waals surface area contributed by atoms with Gasteiger partial charge in [0.2, 0.25) is 0 Å². The van der Waals surface area contributed by atoms with Gasteiger partial charge in [-0.1, -0.05) is 18.2 Å². The van der Waals surface area contributed by atoms with Crippen molar-refractivity contribution in [2.24, 2.45) is 0 Å². The summed E-state index contributed by atoms with van der Waals surface area (Å²) in [5.74, 6) is -0.153. The molecule has 5 aromatic rings.